The van der Waals surface area contributed by atoms with Gasteiger partial charge in [0.15, 0.2) is 0 Å². The highest BCUT2D eigenvalue weighted by Crippen LogP contribution is 2.52. The summed E-state index contributed by atoms with van der Waals surface area (Å²) in [5, 5.41) is 0. The van der Waals surface area contributed by atoms with Crippen molar-refractivity contribution in [3.63, 3.8) is 0 Å². The van der Waals surface area contributed by atoms with Gasteiger partial charge < -0.3 is 4.90 Å². The predicted octanol–water partition coefficient (Wildman–Crippen LogP) is 13.1. The lowest BCUT2D eigenvalue weighted by atomic mass is 9.81. The first-order valence-corrected chi connectivity index (χ1v) is 17.4. The summed E-state index contributed by atoms with van der Waals surface area (Å²) >= 11 is 0. The molecule has 7 aromatic carbocycles. The monoisotopic (exact) mass is 629 g/mol. The number of rotatable bonds is 5. The van der Waals surface area contributed by atoms with Crippen molar-refractivity contribution in [2.75, 3.05) is 4.90 Å². The second-order valence-electron chi connectivity index (χ2n) is 14.6. The fourth-order valence-electron chi connectivity index (χ4n) is 8.40. The van der Waals surface area contributed by atoms with Crippen molar-refractivity contribution >= 4 is 17.1 Å². The van der Waals surface area contributed by atoms with Crippen LogP contribution in [0.3, 0.4) is 0 Å². The summed E-state index contributed by atoms with van der Waals surface area (Å²) in [7, 11) is 0. The van der Waals surface area contributed by atoms with Crippen LogP contribution in [0.5, 0.6) is 0 Å². The fraction of sp³-hybridized carbons (Fsp3) is 0.125. The standard InChI is InChI=1S/C48H39N/c1-47(2)43-16-10-8-14-39(43)41-28-22-35(30-45(41)47)34-20-25-37(26-21-34)49(36-23-18-33(19-24-36)32-12-6-5-7-13-32)38-27-29-42-40-15-9-11-17-44(40)48(3,4)46(42)31-38/h5-31H,1-4H3. The summed E-state index contributed by atoms with van der Waals surface area (Å²) in [5.74, 6) is 0. The topological polar surface area (TPSA) is 3.24 Å². The van der Waals surface area contributed by atoms with Crippen LogP contribution in [0.2, 0.25) is 0 Å². The lowest BCUT2D eigenvalue weighted by molar-refractivity contribution is 0.660. The van der Waals surface area contributed by atoms with Gasteiger partial charge in [0, 0.05) is 27.9 Å². The Morgan fingerprint density at radius 1 is 0.306 bits per heavy atom. The normalized spacial score (nSPS) is 14.4. The second-order valence-corrected chi connectivity index (χ2v) is 14.6. The minimum atomic E-state index is -0.0738. The molecule has 0 aromatic heterocycles. The van der Waals surface area contributed by atoms with E-state index in [1.54, 1.807) is 0 Å². The van der Waals surface area contributed by atoms with E-state index in [1.165, 1.54) is 66.8 Å². The van der Waals surface area contributed by atoms with Gasteiger partial charge >= 0.3 is 0 Å². The Hall–Kier alpha value is -5.66. The maximum Gasteiger partial charge on any atom is 0.0465 e. The molecule has 0 saturated heterocycles. The van der Waals surface area contributed by atoms with Gasteiger partial charge in [-0.3, -0.25) is 0 Å². The van der Waals surface area contributed by atoms with Gasteiger partial charge in [-0.05, 0) is 109 Å². The van der Waals surface area contributed by atoms with Crippen molar-refractivity contribution in [2.45, 2.75) is 38.5 Å². The number of benzene rings is 7. The molecule has 2 aliphatic carbocycles. The van der Waals surface area contributed by atoms with Crippen LogP contribution in [-0.2, 0) is 10.8 Å². The summed E-state index contributed by atoms with van der Waals surface area (Å²) in [6, 6.07) is 60.5. The van der Waals surface area contributed by atoms with E-state index in [9.17, 15) is 0 Å². The molecule has 0 aliphatic heterocycles. The van der Waals surface area contributed by atoms with Crippen molar-refractivity contribution in [1.82, 2.24) is 0 Å². The highest BCUT2D eigenvalue weighted by Gasteiger charge is 2.36. The summed E-state index contributed by atoms with van der Waals surface area (Å²) in [4.78, 5) is 2.40. The SMILES string of the molecule is CC1(C)c2ccccc2-c2ccc(-c3ccc(N(c4ccc(-c5ccccc5)cc4)c4ccc5c(c4)C(C)(C)c4ccccc4-5)cc3)cc21. The highest BCUT2D eigenvalue weighted by atomic mass is 15.1. The Kier molecular flexibility index (Phi) is 6.58. The first kappa shape index (κ1) is 29.5. The lowest BCUT2D eigenvalue weighted by Crippen LogP contribution is -2.16. The van der Waals surface area contributed by atoms with Crippen LogP contribution < -0.4 is 4.90 Å². The van der Waals surface area contributed by atoms with Gasteiger partial charge in [0.05, 0.1) is 0 Å². The van der Waals surface area contributed by atoms with Crippen LogP contribution in [-0.4, -0.2) is 0 Å². The first-order valence-electron chi connectivity index (χ1n) is 17.4. The molecule has 0 atom stereocenters. The molecule has 1 heteroatoms. The van der Waals surface area contributed by atoms with Crippen molar-refractivity contribution in [2.24, 2.45) is 0 Å². The molecule has 49 heavy (non-hydrogen) atoms. The van der Waals surface area contributed by atoms with E-state index in [2.05, 4.69) is 196 Å². The van der Waals surface area contributed by atoms with E-state index in [4.69, 9.17) is 0 Å². The van der Waals surface area contributed by atoms with E-state index in [0.717, 1.165) is 17.1 Å². The van der Waals surface area contributed by atoms with Gasteiger partial charge in [0.1, 0.15) is 0 Å². The Bertz CT molecular complexity index is 2360. The van der Waals surface area contributed by atoms with Crippen molar-refractivity contribution in [1.29, 1.82) is 0 Å². The molecule has 0 fully saturated rings. The van der Waals surface area contributed by atoms with E-state index < -0.39 is 0 Å². The Morgan fingerprint density at radius 3 is 1.27 bits per heavy atom. The van der Waals surface area contributed by atoms with Crippen molar-refractivity contribution in [3.05, 3.63) is 186 Å². The van der Waals surface area contributed by atoms with Gasteiger partial charge in [-0.15, -0.1) is 0 Å². The zero-order chi connectivity index (χ0) is 33.3. The average Bonchev–Trinajstić information content (AvgIpc) is 3.52. The molecule has 0 unspecified atom stereocenters. The zero-order valence-electron chi connectivity index (χ0n) is 28.5. The van der Waals surface area contributed by atoms with Crippen molar-refractivity contribution in [3.8, 4) is 44.5 Å². The number of anilines is 3. The predicted molar refractivity (Wildman–Crippen MR) is 207 cm³/mol. The summed E-state index contributed by atoms with van der Waals surface area (Å²) in [6.07, 6.45) is 0. The molecule has 0 N–H and O–H groups in total. The van der Waals surface area contributed by atoms with Crippen LogP contribution in [0.15, 0.2) is 164 Å². The van der Waals surface area contributed by atoms with Crippen molar-refractivity contribution < 1.29 is 0 Å². The van der Waals surface area contributed by atoms with Crippen LogP contribution in [0.4, 0.5) is 17.1 Å². The molecule has 2 aliphatic rings. The second kappa shape index (κ2) is 10.9. The molecule has 0 radical (unpaired) electrons. The minimum absolute atomic E-state index is 0.0222. The molecule has 9 rings (SSSR count). The van der Waals surface area contributed by atoms with E-state index in [1.807, 2.05) is 0 Å². The average molecular weight is 630 g/mol. The number of hydrogen-bond acceptors (Lipinski definition) is 1. The summed E-state index contributed by atoms with van der Waals surface area (Å²) in [6.45, 7) is 9.40. The minimum Gasteiger partial charge on any atom is -0.310 e. The third-order valence-electron chi connectivity index (χ3n) is 11.1. The molecule has 0 heterocycles. The van der Waals surface area contributed by atoms with Gasteiger partial charge in [0.25, 0.3) is 0 Å². The number of nitrogens with zero attached hydrogens (tertiary/aromatic N) is 1. The number of hydrogen-bond donors (Lipinski definition) is 0. The first-order chi connectivity index (χ1) is 23.8. The summed E-state index contributed by atoms with van der Waals surface area (Å²) < 4.78 is 0. The van der Waals surface area contributed by atoms with Gasteiger partial charge in [-0.2, -0.15) is 0 Å². The smallest absolute Gasteiger partial charge is 0.0465 e. The maximum atomic E-state index is 2.41. The Balaban J connectivity index is 1.12. The van der Waals surface area contributed by atoms with Crippen LogP contribution in [0.25, 0.3) is 44.5 Å². The van der Waals surface area contributed by atoms with Gasteiger partial charge in [-0.25, -0.2) is 0 Å². The Morgan fingerprint density at radius 2 is 0.694 bits per heavy atom. The number of fused-ring (bicyclic) bond motifs is 6. The van der Waals surface area contributed by atoms with Crippen LogP contribution in [0, 0.1) is 0 Å². The highest BCUT2D eigenvalue weighted by molar-refractivity contribution is 5.87. The molecule has 0 bridgehead atoms. The fourth-order valence-corrected chi connectivity index (χ4v) is 8.40. The molecule has 0 saturated carbocycles. The quantitative estimate of drug-likeness (QED) is 0.183. The molecule has 0 spiro atoms. The molecule has 236 valence electrons. The largest absolute Gasteiger partial charge is 0.310 e. The van der Waals surface area contributed by atoms with Gasteiger partial charge in [0.2, 0.25) is 0 Å². The van der Waals surface area contributed by atoms with E-state index in [0.29, 0.717) is 0 Å². The van der Waals surface area contributed by atoms with Crippen LogP contribution in [0.1, 0.15) is 49.9 Å². The van der Waals surface area contributed by atoms with E-state index in [-0.39, 0.29) is 10.8 Å². The molecular weight excluding hydrogens is 591 g/mol. The summed E-state index contributed by atoms with van der Waals surface area (Å²) in [5.41, 5.74) is 19.2. The molecule has 7 aromatic rings. The molecule has 1 nitrogen and oxygen atoms in total. The third-order valence-corrected chi connectivity index (χ3v) is 11.1. The molecule has 0 amide bonds. The van der Waals surface area contributed by atoms with E-state index >= 15 is 0 Å². The zero-order valence-corrected chi connectivity index (χ0v) is 28.5. The Labute approximate surface area is 290 Å². The third kappa shape index (κ3) is 4.60. The maximum absolute atomic E-state index is 2.41. The molecular formula is C48H39N. The lowest BCUT2D eigenvalue weighted by Gasteiger charge is -2.28. The van der Waals surface area contributed by atoms with Crippen LogP contribution >= 0.6 is 0 Å². The van der Waals surface area contributed by atoms with Gasteiger partial charge in [-0.1, -0.05) is 149 Å².